The predicted octanol–water partition coefficient (Wildman–Crippen LogP) is 3.95. The monoisotopic (exact) mass is 233 g/mol. The van der Waals surface area contributed by atoms with Crippen LogP contribution in [0.5, 0.6) is 0 Å². The van der Waals surface area contributed by atoms with Gasteiger partial charge >= 0.3 is 0 Å². The Labute approximate surface area is 107 Å². The Kier molecular flexibility index (Phi) is 5.70. The topological polar surface area (TPSA) is 12.0 Å². The van der Waals surface area contributed by atoms with Crippen molar-refractivity contribution in [2.45, 2.75) is 47.0 Å². The normalized spacial score (nSPS) is 14.6. The molecule has 0 aliphatic rings. The van der Waals surface area contributed by atoms with Crippen LogP contribution in [0.3, 0.4) is 0 Å². The van der Waals surface area contributed by atoms with Crippen LogP contribution >= 0.6 is 0 Å². The minimum atomic E-state index is 0.376. The zero-order valence-electron chi connectivity index (χ0n) is 11.8. The summed E-state index contributed by atoms with van der Waals surface area (Å²) in [5.41, 5.74) is 3.29. The summed E-state index contributed by atoms with van der Waals surface area (Å²) in [6.07, 6.45) is 3.61. The maximum atomic E-state index is 3.57. The Hall–Kier alpha value is -0.820. The summed E-state index contributed by atoms with van der Waals surface area (Å²) < 4.78 is 0. The van der Waals surface area contributed by atoms with Gasteiger partial charge in [-0.15, -0.1) is 0 Å². The molecule has 1 N–H and O–H groups in total. The molecule has 0 radical (unpaired) electrons. The molecule has 0 heterocycles. The Balaban J connectivity index is 2.65. The lowest BCUT2D eigenvalue weighted by Gasteiger charge is -2.29. The summed E-state index contributed by atoms with van der Waals surface area (Å²) in [7, 11) is 0. The van der Waals surface area contributed by atoms with E-state index in [1.165, 1.54) is 30.4 Å². The molecule has 1 atom stereocenters. The Morgan fingerprint density at radius 1 is 1.18 bits per heavy atom. The van der Waals surface area contributed by atoms with Crippen LogP contribution in [0.2, 0.25) is 0 Å². The first-order chi connectivity index (χ1) is 8.11. The highest BCUT2D eigenvalue weighted by Gasteiger charge is 2.22. The van der Waals surface area contributed by atoms with E-state index in [2.05, 4.69) is 57.3 Å². The molecule has 0 bridgehead atoms. The van der Waals surface area contributed by atoms with Crippen LogP contribution in [-0.2, 0) is 6.42 Å². The third-order valence-electron chi connectivity index (χ3n) is 3.71. The number of rotatable bonds is 7. The molecule has 0 spiro atoms. The number of aryl methyl sites for hydroxylation is 1. The zero-order chi connectivity index (χ0) is 12.7. The van der Waals surface area contributed by atoms with Gasteiger partial charge in [0.1, 0.15) is 0 Å². The van der Waals surface area contributed by atoms with E-state index in [0.717, 1.165) is 13.1 Å². The van der Waals surface area contributed by atoms with Crippen LogP contribution in [-0.4, -0.2) is 13.1 Å². The van der Waals surface area contributed by atoms with Crippen molar-refractivity contribution in [1.29, 1.82) is 0 Å². The second kappa shape index (κ2) is 6.80. The van der Waals surface area contributed by atoms with Gasteiger partial charge < -0.3 is 5.32 Å². The standard InChI is InChI=1S/C16H27N/c1-5-11-17-13-16(4,6-2)12-15-10-8-7-9-14(15)3/h7-10,17H,5-6,11-13H2,1-4H3. The Morgan fingerprint density at radius 3 is 2.47 bits per heavy atom. The summed E-state index contributed by atoms with van der Waals surface area (Å²) in [5.74, 6) is 0. The summed E-state index contributed by atoms with van der Waals surface area (Å²) in [4.78, 5) is 0. The fourth-order valence-electron chi connectivity index (χ4n) is 2.15. The SMILES string of the molecule is CCCNCC(C)(CC)Cc1ccccc1C. The van der Waals surface area contributed by atoms with E-state index in [1.807, 2.05) is 0 Å². The summed E-state index contributed by atoms with van der Waals surface area (Å²) in [6.45, 7) is 11.4. The van der Waals surface area contributed by atoms with Gasteiger partial charge in [0.2, 0.25) is 0 Å². The van der Waals surface area contributed by atoms with Gasteiger partial charge in [-0.3, -0.25) is 0 Å². The number of nitrogens with one attached hydrogen (secondary N) is 1. The average Bonchev–Trinajstić information content (AvgIpc) is 2.33. The van der Waals surface area contributed by atoms with Gasteiger partial charge in [0.25, 0.3) is 0 Å². The zero-order valence-corrected chi connectivity index (χ0v) is 11.8. The van der Waals surface area contributed by atoms with E-state index in [0.29, 0.717) is 5.41 Å². The highest BCUT2D eigenvalue weighted by atomic mass is 14.9. The van der Waals surface area contributed by atoms with Gasteiger partial charge in [0.15, 0.2) is 0 Å². The molecule has 1 aromatic carbocycles. The molecule has 0 saturated carbocycles. The van der Waals surface area contributed by atoms with Crippen molar-refractivity contribution < 1.29 is 0 Å². The third kappa shape index (κ3) is 4.51. The maximum absolute atomic E-state index is 3.57. The van der Waals surface area contributed by atoms with Crippen molar-refractivity contribution in [2.75, 3.05) is 13.1 Å². The quantitative estimate of drug-likeness (QED) is 0.703. The molecule has 1 rings (SSSR count). The first-order valence-electron chi connectivity index (χ1n) is 6.86. The minimum absolute atomic E-state index is 0.376. The highest BCUT2D eigenvalue weighted by molar-refractivity contribution is 5.26. The molecule has 0 amide bonds. The molecule has 0 saturated heterocycles. The molecule has 1 unspecified atom stereocenters. The fraction of sp³-hybridized carbons (Fsp3) is 0.625. The van der Waals surface area contributed by atoms with Crippen molar-refractivity contribution in [3.05, 3.63) is 35.4 Å². The van der Waals surface area contributed by atoms with Crippen LogP contribution < -0.4 is 5.32 Å². The molecule has 0 aliphatic heterocycles. The van der Waals surface area contributed by atoms with Crippen molar-refractivity contribution >= 4 is 0 Å². The molecule has 0 fully saturated rings. The fourth-order valence-corrected chi connectivity index (χ4v) is 2.15. The predicted molar refractivity (Wildman–Crippen MR) is 76.4 cm³/mol. The van der Waals surface area contributed by atoms with E-state index >= 15 is 0 Å². The van der Waals surface area contributed by atoms with Gasteiger partial charge in [0, 0.05) is 6.54 Å². The second-order valence-electron chi connectivity index (χ2n) is 5.44. The van der Waals surface area contributed by atoms with E-state index < -0.39 is 0 Å². The van der Waals surface area contributed by atoms with Gasteiger partial charge in [-0.2, -0.15) is 0 Å². The van der Waals surface area contributed by atoms with Gasteiger partial charge in [-0.25, -0.2) is 0 Å². The van der Waals surface area contributed by atoms with Crippen molar-refractivity contribution in [3.8, 4) is 0 Å². The molecule has 0 aromatic heterocycles. The molecular weight excluding hydrogens is 206 g/mol. The Bertz CT molecular complexity index is 332. The van der Waals surface area contributed by atoms with Gasteiger partial charge in [0.05, 0.1) is 0 Å². The van der Waals surface area contributed by atoms with Crippen molar-refractivity contribution in [3.63, 3.8) is 0 Å². The smallest absolute Gasteiger partial charge is 0.000824 e. The second-order valence-corrected chi connectivity index (χ2v) is 5.44. The highest BCUT2D eigenvalue weighted by Crippen LogP contribution is 2.27. The van der Waals surface area contributed by atoms with Crippen molar-refractivity contribution in [1.82, 2.24) is 5.32 Å². The third-order valence-corrected chi connectivity index (χ3v) is 3.71. The van der Waals surface area contributed by atoms with Gasteiger partial charge in [-0.05, 0) is 49.3 Å². The van der Waals surface area contributed by atoms with Crippen LogP contribution in [0, 0.1) is 12.3 Å². The van der Waals surface area contributed by atoms with Gasteiger partial charge in [-0.1, -0.05) is 45.0 Å². The lowest BCUT2D eigenvalue weighted by atomic mass is 9.80. The molecule has 1 nitrogen and oxygen atoms in total. The Morgan fingerprint density at radius 2 is 1.88 bits per heavy atom. The van der Waals surface area contributed by atoms with Crippen molar-refractivity contribution in [2.24, 2.45) is 5.41 Å². The summed E-state index contributed by atoms with van der Waals surface area (Å²) in [5, 5.41) is 3.57. The molecule has 96 valence electrons. The van der Waals surface area contributed by atoms with Crippen LogP contribution in [0.4, 0.5) is 0 Å². The average molecular weight is 233 g/mol. The van der Waals surface area contributed by atoms with E-state index in [9.17, 15) is 0 Å². The molecule has 1 aromatic rings. The lowest BCUT2D eigenvalue weighted by molar-refractivity contribution is 0.290. The van der Waals surface area contributed by atoms with E-state index in [4.69, 9.17) is 0 Å². The van der Waals surface area contributed by atoms with Crippen LogP contribution in [0.25, 0.3) is 0 Å². The summed E-state index contributed by atoms with van der Waals surface area (Å²) in [6, 6.07) is 8.75. The van der Waals surface area contributed by atoms with E-state index in [1.54, 1.807) is 0 Å². The molecule has 17 heavy (non-hydrogen) atoms. The number of benzene rings is 1. The van der Waals surface area contributed by atoms with Crippen LogP contribution in [0.1, 0.15) is 44.7 Å². The van der Waals surface area contributed by atoms with Crippen LogP contribution in [0.15, 0.2) is 24.3 Å². The lowest BCUT2D eigenvalue weighted by Crippen LogP contribution is -2.33. The number of hydrogen-bond donors (Lipinski definition) is 1. The van der Waals surface area contributed by atoms with E-state index in [-0.39, 0.29) is 0 Å². The first kappa shape index (κ1) is 14.2. The number of hydrogen-bond acceptors (Lipinski definition) is 1. The molecule has 0 aliphatic carbocycles. The largest absolute Gasteiger partial charge is 0.316 e. The first-order valence-corrected chi connectivity index (χ1v) is 6.86. The minimum Gasteiger partial charge on any atom is -0.316 e. The summed E-state index contributed by atoms with van der Waals surface area (Å²) >= 11 is 0. The maximum Gasteiger partial charge on any atom is 0.000824 e. The molecular formula is C16H27N. The molecule has 1 heteroatoms.